The molecule has 0 saturated carbocycles. The number of thioether (sulfide) groups is 1. The molecular weight excluding hydrogens is 418 g/mol. The van der Waals surface area contributed by atoms with E-state index in [1.165, 1.54) is 12.1 Å². The van der Waals surface area contributed by atoms with Crippen LogP contribution in [-0.4, -0.2) is 46.2 Å². The molecule has 2 rings (SSSR count). The lowest BCUT2D eigenvalue weighted by molar-refractivity contribution is -0.387. The van der Waals surface area contributed by atoms with Gasteiger partial charge in [0.25, 0.3) is 0 Å². The van der Waals surface area contributed by atoms with E-state index in [-0.39, 0.29) is 28.6 Å². The van der Waals surface area contributed by atoms with Crippen LogP contribution >= 0.6 is 11.8 Å². The van der Waals surface area contributed by atoms with E-state index < -0.39 is 40.9 Å². The molecule has 1 aromatic heterocycles. The van der Waals surface area contributed by atoms with Gasteiger partial charge in [0.2, 0.25) is 5.91 Å². The van der Waals surface area contributed by atoms with Crippen molar-refractivity contribution in [3.63, 3.8) is 0 Å². The number of nitrogens with zero attached hydrogens (tertiary/aromatic N) is 4. The summed E-state index contributed by atoms with van der Waals surface area (Å²) in [7, 11) is 0. The molecule has 1 heterocycles. The first-order valence-electron chi connectivity index (χ1n) is 8.21. The molecule has 0 aliphatic carbocycles. The molecule has 0 radical (unpaired) electrons. The number of carbonyl (C=O) groups excluding carboxylic acids is 2. The molecule has 0 aliphatic rings. The lowest BCUT2D eigenvalue weighted by Gasteiger charge is -2.11. The second-order valence-corrected chi connectivity index (χ2v) is 6.08. The van der Waals surface area contributed by atoms with Crippen LogP contribution < -0.4 is 15.2 Å². The maximum absolute atomic E-state index is 11.6. The highest BCUT2D eigenvalue weighted by Crippen LogP contribution is 2.38. The molecule has 0 fully saturated rings. The maximum Gasteiger partial charge on any atom is 0.392 e. The third kappa shape index (κ3) is 5.32. The van der Waals surface area contributed by atoms with Crippen LogP contribution in [0.2, 0.25) is 0 Å². The highest BCUT2D eigenvalue weighted by molar-refractivity contribution is 7.98. The zero-order chi connectivity index (χ0) is 22.3. The first-order valence-corrected chi connectivity index (χ1v) is 9.43. The number of rotatable bonds is 9. The minimum absolute atomic E-state index is 0.00954. The number of nitrogens with two attached hydrogens (primary N) is 1. The number of hydrogen-bond donors (Lipinski definition) is 1. The third-order valence-corrected chi connectivity index (χ3v) is 3.94. The molecule has 30 heavy (non-hydrogen) atoms. The fourth-order valence-corrected chi connectivity index (χ4v) is 2.49. The van der Waals surface area contributed by atoms with E-state index in [2.05, 4.69) is 9.97 Å². The van der Waals surface area contributed by atoms with Gasteiger partial charge in [0.1, 0.15) is 5.75 Å². The largest absolute Gasteiger partial charge is 0.463 e. The van der Waals surface area contributed by atoms with Gasteiger partial charge < -0.3 is 19.9 Å². The van der Waals surface area contributed by atoms with Gasteiger partial charge in [-0.2, -0.15) is 15.2 Å². The normalized spacial score (nSPS) is 10.0. The van der Waals surface area contributed by atoms with Crippen LogP contribution in [-0.2, 0) is 9.53 Å². The molecule has 12 nitrogen and oxygen atoms in total. The van der Waals surface area contributed by atoms with E-state index in [1.807, 2.05) is 0 Å². The highest BCUT2D eigenvalue weighted by atomic mass is 32.2. The summed E-state index contributed by atoms with van der Waals surface area (Å²) in [5.41, 5.74) is 4.39. The van der Waals surface area contributed by atoms with Crippen LogP contribution in [0.25, 0.3) is 0 Å². The van der Waals surface area contributed by atoms with Gasteiger partial charge in [0, 0.05) is 0 Å². The van der Waals surface area contributed by atoms with E-state index in [4.69, 9.17) is 25.2 Å². The van der Waals surface area contributed by atoms with Gasteiger partial charge >= 0.3 is 23.4 Å². The fraction of sp³-hybridized carbons (Fsp3) is 0.235. The van der Waals surface area contributed by atoms with Gasteiger partial charge in [0.05, 0.1) is 28.7 Å². The summed E-state index contributed by atoms with van der Waals surface area (Å²) in [5.74, 6) is -2.63. The van der Waals surface area contributed by atoms with Crippen molar-refractivity contribution in [2.24, 2.45) is 5.73 Å². The van der Waals surface area contributed by atoms with Crippen molar-refractivity contribution in [2.75, 3.05) is 19.5 Å². The standard InChI is InChI=1S/C17H15N5O7S/c1-3-27-12(23)8-28-15-13(22(25)26)16(21-17(20-15)30-2)29-10-5-4-9(7-18)11(6-10)14(19)24/h4-6H,3,8H2,1-2H3,(H2,19,24). The summed E-state index contributed by atoms with van der Waals surface area (Å²) in [6, 6.07) is 5.55. The molecule has 1 aromatic carbocycles. The molecule has 0 spiro atoms. The second-order valence-electron chi connectivity index (χ2n) is 5.31. The summed E-state index contributed by atoms with van der Waals surface area (Å²) in [5, 5.41) is 20.7. The summed E-state index contributed by atoms with van der Waals surface area (Å²) in [6.45, 7) is 1.10. The molecule has 0 atom stereocenters. The van der Waals surface area contributed by atoms with Crippen LogP contribution in [0.4, 0.5) is 5.69 Å². The van der Waals surface area contributed by atoms with Gasteiger partial charge in [-0.15, -0.1) is 0 Å². The number of benzene rings is 1. The topological polar surface area (TPSA) is 181 Å². The van der Waals surface area contributed by atoms with Crippen LogP contribution in [0.1, 0.15) is 22.8 Å². The molecule has 156 valence electrons. The quantitative estimate of drug-likeness (QED) is 0.200. The SMILES string of the molecule is CCOC(=O)COc1nc(SC)nc(Oc2ccc(C#N)c(C(N)=O)c2)c1[N+](=O)[O-]. The average Bonchev–Trinajstić information content (AvgIpc) is 2.71. The Morgan fingerprint density at radius 3 is 2.60 bits per heavy atom. The van der Waals surface area contributed by atoms with E-state index in [1.54, 1.807) is 19.2 Å². The Bertz CT molecular complexity index is 1040. The van der Waals surface area contributed by atoms with Gasteiger partial charge in [-0.25, -0.2) is 4.79 Å². The Morgan fingerprint density at radius 1 is 1.33 bits per heavy atom. The van der Waals surface area contributed by atoms with Crippen molar-refractivity contribution in [2.45, 2.75) is 12.1 Å². The number of primary amides is 1. The predicted octanol–water partition coefficient (Wildman–Crippen LogP) is 1.81. The molecule has 2 N–H and O–H groups in total. The number of amides is 1. The number of esters is 1. The molecule has 0 unspecified atom stereocenters. The highest BCUT2D eigenvalue weighted by Gasteiger charge is 2.29. The minimum Gasteiger partial charge on any atom is -0.463 e. The molecular formula is C17H15N5O7S. The number of ether oxygens (including phenoxy) is 3. The van der Waals surface area contributed by atoms with E-state index in [9.17, 15) is 19.7 Å². The van der Waals surface area contributed by atoms with Crippen molar-refractivity contribution in [3.8, 4) is 23.6 Å². The van der Waals surface area contributed by atoms with Crippen LogP contribution in [0, 0.1) is 21.4 Å². The van der Waals surface area contributed by atoms with Crippen LogP contribution in [0.3, 0.4) is 0 Å². The number of carbonyl (C=O) groups is 2. The molecule has 2 aromatic rings. The van der Waals surface area contributed by atoms with Gasteiger partial charge in [-0.1, -0.05) is 11.8 Å². The van der Waals surface area contributed by atoms with Gasteiger partial charge in [-0.3, -0.25) is 14.9 Å². The van der Waals surface area contributed by atoms with Gasteiger partial charge in [-0.05, 0) is 31.4 Å². The lowest BCUT2D eigenvalue weighted by Crippen LogP contribution is -2.16. The van der Waals surface area contributed by atoms with Crippen molar-refractivity contribution >= 4 is 29.3 Å². The number of aromatic nitrogens is 2. The van der Waals surface area contributed by atoms with E-state index in [0.29, 0.717) is 0 Å². The summed E-state index contributed by atoms with van der Waals surface area (Å²) in [6.07, 6.45) is 1.62. The van der Waals surface area contributed by atoms with Crippen molar-refractivity contribution in [3.05, 3.63) is 39.4 Å². The Labute approximate surface area is 174 Å². The Kier molecular flexibility index (Phi) is 7.48. The first-order chi connectivity index (χ1) is 14.3. The predicted molar refractivity (Wildman–Crippen MR) is 102 cm³/mol. The fourth-order valence-electron chi connectivity index (χ4n) is 2.15. The van der Waals surface area contributed by atoms with Crippen LogP contribution in [0.5, 0.6) is 17.5 Å². The Balaban J connectivity index is 2.49. The average molecular weight is 433 g/mol. The summed E-state index contributed by atoms with van der Waals surface area (Å²) >= 11 is 1.05. The van der Waals surface area contributed by atoms with Crippen LogP contribution in [0.15, 0.2) is 23.4 Å². The molecule has 0 saturated heterocycles. The monoisotopic (exact) mass is 433 g/mol. The third-order valence-electron chi connectivity index (χ3n) is 3.39. The minimum atomic E-state index is -0.877. The van der Waals surface area contributed by atoms with Crippen molar-refractivity contribution in [1.82, 2.24) is 9.97 Å². The zero-order valence-electron chi connectivity index (χ0n) is 15.8. The summed E-state index contributed by atoms with van der Waals surface area (Å²) < 4.78 is 15.4. The first kappa shape index (κ1) is 22.4. The van der Waals surface area contributed by atoms with Gasteiger partial charge in [0.15, 0.2) is 11.8 Å². The number of nitriles is 1. The summed E-state index contributed by atoms with van der Waals surface area (Å²) in [4.78, 5) is 41.7. The maximum atomic E-state index is 11.6. The smallest absolute Gasteiger partial charge is 0.392 e. The zero-order valence-corrected chi connectivity index (χ0v) is 16.6. The Morgan fingerprint density at radius 2 is 2.03 bits per heavy atom. The molecule has 0 bridgehead atoms. The number of hydrogen-bond acceptors (Lipinski definition) is 11. The molecule has 13 heteroatoms. The number of nitro groups is 1. The second kappa shape index (κ2) is 10.0. The molecule has 0 aliphatic heterocycles. The van der Waals surface area contributed by atoms with Crippen molar-refractivity contribution in [1.29, 1.82) is 5.26 Å². The molecule has 1 amide bonds. The van der Waals surface area contributed by atoms with E-state index in [0.717, 1.165) is 17.8 Å². The lowest BCUT2D eigenvalue weighted by atomic mass is 10.1. The van der Waals surface area contributed by atoms with E-state index >= 15 is 0 Å². The Hall–Kier alpha value is -3.92. The van der Waals surface area contributed by atoms with Crippen molar-refractivity contribution < 1.29 is 28.7 Å².